The fourth-order valence-corrected chi connectivity index (χ4v) is 7.45. The number of piperidine rings is 1. The molecule has 0 aliphatic carbocycles. The monoisotopic (exact) mass is 615 g/mol. The normalized spacial score (nSPS) is 23.0. The minimum absolute atomic E-state index is 0.00567. The van der Waals surface area contributed by atoms with Gasteiger partial charge in [-0.05, 0) is 64.2 Å². The molecule has 2 aromatic heterocycles. The SMILES string of the molecule is C=CC(=O)N1CCC(n2nc(N3CCN(C4CCOCC4)C[C@]3(C)C(F)F)c(-c3c(Cl)c(C)cc4[nH]ncc34)c2C)CC1. The highest BCUT2D eigenvalue weighted by molar-refractivity contribution is 6.36. The maximum atomic E-state index is 15.3. The number of rotatable bonds is 6. The highest BCUT2D eigenvalue weighted by Gasteiger charge is 2.49. The van der Waals surface area contributed by atoms with Crippen LogP contribution in [0.5, 0.6) is 0 Å². The van der Waals surface area contributed by atoms with Crippen LogP contribution in [0.2, 0.25) is 5.02 Å². The van der Waals surface area contributed by atoms with E-state index in [4.69, 9.17) is 21.4 Å². The molecule has 0 bridgehead atoms. The number of anilines is 1. The molecule has 0 radical (unpaired) electrons. The summed E-state index contributed by atoms with van der Waals surface area (Å²) < 4.78 is 38.1. The van der Waals surface area contributed by atoms with E-state index in [2.05, 4.69) is 21.7 Å². The van der Waals surface area contributed by atoms with Crippen molar-refractivity contribution in [1.82, 2.24) is 29.8 Å². The number of fused-ring (bicyclic) bond motifs is 1. The second-order valence-electron chi connectivity index (χ2n) is 12.3. The molecule has 1 atom stereocenters. The third kappa shape index (κ3) is 5.23. The third-order valence-corrected chi connectivity index (χ3v) is 10.2. The zero-order valence-corrected chi connectivity index (χ0v) is 25.8. The first-order valence-corrected chi connectivity index (χ1v) is 15.5. The summed E-state index contributed by atoms with van der Waals surface area (Å²) in [5, 5.41) is 13.9. The Kier molecular flexibility index (Phi) is 8.25. The Hall–Kier alpha value is -3.02. The van der Waals surface area contributed by atoms with Crippen molar-refractivity contribution < 1.29 is 18.3 Å². The van der Waals surface area contributed by atoms with E-state index in [1.165, 1.54) is 6.08 Å². The van der Waals surface area contributed by atoms with Gasteiger partial charge in [0.15, 0.2) is 5.82 Å². The van der Waals surface area contributed by atoms with Crippen molar-refractivity contribution in [1.29, 1.82) is 0 Å². The van der Waals surface area contributed by atoms with Crippen LogP contribution in [0.15, 0.2) is 24.9 Å². The molecule has 43 heavy (non-hydrogen) atoms. The summed E-state index contributed by atoms with van der Waals surface area (Å²) in [5.41, 5.74) is 2.60. The minimum Gasteiger partial charge on any atom is -0.381 e. The molecule has 3 aromatic rings. The van der Waals surface area contributed by atoms with Crippen LogP contribution >= 0.6 is 11.6 Å². The van der Waals surface area contributed by atoms with Crippen molar-refractivity contribution in [3.05, 3.63) is 41.2 Å². The van der Waals surface area contributed by atoms with E-state index in [9.17, 15) is 4.79 Å². The zero-order valence-electron chi connectivity index (χ0n) is 25.1. The summed E-state index contributed by atoms with van der Waals surface area (Å²) in [6.45, 7) is 13.0. The van der Waals surface area contributed by atoms with Crippen LogP contribution < -0.4 is 4.90 Å². The molecule has 5 heterocycles. The predicted molar refractivity (Wildman–Crippen MR) is 164 cm³/mol. The standard InChI is InChI=1S/C31H40ClF2N7O2/c1-5-25(42)38-10-6-22(7-11-38)41-20(3)26(27-23-17-35-36-24(23)16-19(2)28(27)32)29(37-41)40-13-12-39(18-31(40,4)30(33)34)21-8-14-43-15-9-21/h5,16-17,21-22,30H,1,6-15,18H2,2-4H3,(H,35,36)/t31-/m1/s1. The van der Waals surface area contributed by atoms with Crippen LogP contribution in [0.4, 0.5) is 14.6 Å². The lowest BCUT2D eigenvalue weighted by atomic mass is 9.92. The van der Waals surface area contributed by atoms with Gasteiger partial charge < -0.3 is 14.5 Å². The number of benzene rings is 1. The molecule has 1 aromatic carbocycles. The van der Waals surface area contributed by atoms with E-state index in [-0.39, 0.29) is 24.5 Å². The summed E-state index contributed by atoms with van der Waals surface area (Å²) >= 11 is 7.05. The number of aryl methyl sites for hydroxylation is 1. The lowest BCUT2D eigenvalue weighted by Crippen LogP contribution is -2.66. The highest BCUT2D eigenvalue weighted by atomic mass is 35.5. The molecule has 3 aliphatic heterocycles. The Morgan fingerprint density at radius 2 is 1.86 bits per heavy atom. The summed E-state index contributed by atoms with van der Waals surface area (Å²) in [7, 11) is 0. The number of hydrogen-bond donors (Lipinski definition) is 1. The summed E-state index contributed by atoms with van der Waals surface area (Å²) in [6.07, 6.45) is 3.58. The van der Waals surface area contributed by atoms with E-state index in [0.717, 1.165) is 46.1 Å². The van der Waals surface area contributed by atoms with Gasteiger partial charge in [0.05, 0.1) is 22.8 Å². The van der Waals surface area contributed by atoms with Gasteiger partial charge in [0.2, 0.25) is 5.91 Å². The fraction of sp³-hybridized carbons (Fsp3) is 0.581. The van der Waals surface area contributed by atoms with Crippen molar-refractivity contribution >= 4 is 34.2 Å². The van der Waals surface area contributed by atoms with Gasteiger partial charge in [-0.25, -0.2) is 8.78 Å². The molecule has 232 valence electrons. The van der Waals surface area contributed by atoms with Crippen molar-refractivity contribution in [2.45, 2.75) is 70.5 Å². The predicted octanol–water partition coefficient (Wildman–Crippen LogP) is 5.37. The number of nitrogens with zero attached hydrogens (tertiary/aromatic N) is 6. The molecular weight excluding hydrogens is 576 g/mol. The summed E-state index contributed by atoms with van der Waals surface area (Å²) in [5.74, 6) is 0.438. The van der Waals surface area contributed by atoms with Crippen molar-refractivity contribution in [3.8, 4) is 11.1 Å². The molecular formula is C31H40ClF2N7O2. The molecule has 6 rings (SSSR count). The maximum absolute atomic E-state index is 15.3. The number of carbonyl (C=O) groups excluding carboxylic acids is 1. The number of aromatic nitrogens is 4. The number of hydrogen-bond acceptors (Lipinski definition) is 6. The second-order valence-corrected chi connectivity index (χ2v) is 12.7. The van der Waals surface area contributed by atoms with Crippen molar-refractivity contribution in [3.63, 3.8) is 0 Å². The number of H-pyrrole nitrogens is 1. The third-order valence-electron chi connectivity index (χ3n) is 9.73. The largest absolute Gasteiger partial charge is 0.381 e. The van der Waals surface area contributed by atoms with Crippen LogP contribution in [0.3, 0.4) is 0 Å². The molecule has 0 unspecified atom stereocenters. The van der Waals surface area contributed by atoms with Gasteiger partial charge in [-0.2, -0.15) is 10.2 Å². The number of carbonyl (C=O) groups is 1. The molecule has 1 amide bonds. The zero-order chi connectivity index (χ0) is 30.5. The van der Waals surface area contributed by atoms with Crippen LogP contribution in [-0.4, -0.2) is 99.6 Å². The first-order chi connectivity index (χ1) is 20.6. The van der Waals surface area contributed by atoms with Gasteiger partial charge in [-0.3, -0.25) is 19.5 Å². The number of nitrogens with one attached hydrogen (secondary N) is 1. The molecule has 3 saturated heterocycles. The average Bonchev–Trinajstić information content (AvgIpc) is 3.61. The van der Waals surface area contributed by atoms with Crippen molar-refractivity contribution in [2.75, 3.05) is 50.8 Å². The van der Waals surface area contributed by atoms with Gasteiger partial charge >= 0.3 is 0 Å². The Bertz CT molecular complexity index is 1510. The molecule has 9 nitrogen and oxygen atoms in total. The number of halogens is 3. The fourth-order valence-electron chi connectivity index (χ4n) is 7.20. The quantitative estimate of drug-likeness (QED) is 0.376. The molecule has 0 spiro atoms. The second kappa shape index (κ2) is 11.8. The van der Waals surface area contributed by atoms with E-state index in [0.29, 0.717) is 63.1 Å². The highest BCUT2D eigenvalue weighted by Crippen LogP contribution is 2.47. The number of amides is 1. The first-order valence-electron chi connectivity index (χ1n) is 15.1. The van der Waals surface area contributed by atoms with E-state index in [1.807, 2.05) is 29.5 Å². The molecule has 1 N–H and O–H groups in total. The lowest BCUT2D eigenvalue weighted by Gasteiger charge is -2.51. The van der Waals surface area contributed by atoms with E-state index < -0.39 is 12.0 Å². The van der Waals surface area contributed by atoms with Gasteiger partial charge in [-0.15, -0.1) is 0 Å². The first kappa shape index (κ1) is 30.0. The van der Waals surface area contributed by atoms with Gasteiger partial charge in [0, 0.05) is 74.2 Å². The summed E-state index contributed by atoms with van der Waals surface area (Å²) in [4.78, 5) is 18.1. The molecule has 3 aliphatic rings. The van der Waals surface area contributed by atoms with Gasteiger partial charge in [0.25, 0.3) is 6.43 Å². The van der Waals surface area contributed by atoms with Gasteiger partial charge in [-0.1, -0.05) is 18.2 Å². The Morgan fingerprint density at radius 3 is 2.53 bits per heavy atom. The van der Waals surface area contributed by atoms with E-state index in [1.54, 1.807) is 18.0 Å². The molecule has 0 saturated carbocycles. The smallest absolute Gasteiger partial charge is 0.262 e. The number of likely N-dealkylation sites (tertiary alicyclic amines) is 1. The molecule has 3 fully saturated rings. The molecule has 12 heteroatoms. The van der Waals surface area contributed by atoms with Crippen LogP contribution in [-0.2, 0) is 9.53 Å². The lowest BCUT2D eigenvalue weighted by molar-refractivity contribution is -0.127. The van der Waals surface area contributed by atoms with E-state index >= 15 is 8.78 Å². The number of alkyl halides is 2. The summed E-state index contributed by atoms with van der Waals surface area (Å²) in [6, 6.07) is 2.19. The maximum Gasteiger partial charge on any atom is 0.262 e. The van der Waals surface area contributed by atoms with Crippen LogP contribution in [0.25, 0.3) is 22.0 Å². The van der Waals surface area contributed by atoms with Crippen LogP contribution in [0, 0.1) is 13.8 Å². The average molecular weight is 616 g/mol. The Morgan fingerprint density at radius 1 is 1.14 bits per heavy atom. The number of aromatic amines is 1. The van der Waals surface area contributed by atoms with Crippen LogP contribution in [0.1, 0.15) is 49.9 Å². The van der Waals surface area contributed by atoms with Gasteiger partial charge in [0.1, 0.15) is 5.54 Å². The Balaban J connectivity index is 1.46. The minimum atomic E-state index is -2.61. The topological polar surface area (TPSA) is 82.5 Å². The number of piperazine rings is 1. The Labute approximate surface area is 255 Å². The number of ether oxygens (including phenoxy) is 1. The van der Waals surface area contributed by atoms with Crippen molar-refractivity contribution in [2.24, 2.45) is 0 Å².